The predicted molar refractivity (Wildman–Crippen MR) is 118 cm³/mol. The maximum Gasteiger partial charge on any atom is 0.269 e. The Balaban J connectivity index is 2.00. The van der Waals surface area contributed by atoms with Crippen molar-refractivity contribution in [2.45, 2.75) is 6.54 Å². The molecule has 2 aromatic carbocycles. The molecule has 0 unspecified atom stereocenters. The van der Waals surface area contributed by atoms with Crippen molar-refractivity contribution in [3.8, 4) is 6.07 Å². The van der Waals surface area contributed by atoms with E-state index in [1.54, 1.807) is 30.3 Å². The second-order valence-electron chi connectivity index (χ2n) is 6.53. The molecule has 1 aromatic heterocycles. The zero-order valence-electron chi connectivity index (χ0n) is 15.9. The third-order valence-corrected chi connectivity index (χ3v) is 5.61. The first-order chi connectivity index (χ1) is 13.9. The highest BCUT2D eigenvalue weighted by Gasteiger charge is 2.12. The van der Waals surface area contributed by atoms with Crippen molar-refractivity contribution in [3.05, 3.63) is 84.2 Å². The van der Waals surface area contributed by atoms with Crippen LogP contribution in [0.2, 0.25) is 5.02 Å². The third kappa shape index (κ3) is 4.83. The lowest BCUT2D eigenvalue weighted by atomic mass is 10.1. The molecule has 29 heavy (non-hydrogen) atoms. The van der Waals surface area contributed by atoms with Crippen LogP contribution >= 0.6 is 22.9 Å². The molecule has 146 valence electrons. The number of thiazole rings is 1. The first kappa shape index (κ1) is 20.6. The van der Waals surface area contributed by atoms with Crippen LogP contribution in [0.3, 0.4) is 0 Å². The van der Waals surface area contributed by atoms with Crippen LogP contribution in [-0.2, 0) is 6.54 Å². The molecule has 0 N–H and O–H groups in total. The SMILES string of the molecule is CN(C)c1ccc(/C=c2\s/c(=C\C#N)n(CC(=O)c3ccc(Cl)cc3)c2=O)cc1. The van der Waals surface area contributed by atoms with Crippen molar-refractivity contribution < 1.29 is 4.79 Å². The van der Waals surface area contributed by atoms with Gasteiger partial charge in [-0.05, 0) is 48.0 Å². The predicted octanol–water partition coefficient (Wildman–Crippen LogP) is 2.64. The molecule has 0 bridgehead atoms. The third-order valence-electron chi connectivity index (χ3n) is 4.30. The van der Waals surface area contributed by atoms with Gasteiger partial charge >= 0.3 is 0 Å². The van der Waals surface area contributed by atoms with E-state index in [2.05, 4.69) is 0 Å². The van der Waals surface area contributed by atoms with Gasteiger partial charge in [0.15, 0.2) is 5.78 Å². The lowest BCUT2D eigenvalue weighted by molar-refractivity contribution is 0.0970. The van der Waals surface area contributed by atoms with Crippen molar-refractivity contribution >= 4 is 46.6 Å². The Labute approximate surface area is 177 Å². The fourth-order valence-electron chi connectivity index (χ4n) is 2.74. The Morgan fingerprint density at radius 3 is 2.41 bits per heavy atom. The summed E-state index contributed by atoms with van der Waals surface area (Å²) in [7, 11) is 3.91. The number of hydrogen-bond donors (Lipinski definition) is 0. The number of hydrogen-bond acceptors (Lipinski definition) is 5. The number of nitriles is 1. The van der Waals surface area contributed by atoms with Crippen LogP contribution in [0.5, 0.6) is 0 Å². The molecule has 0 aliphatic rings. The van der Waals surface area contributed by atoms with E-state index in [9.17, 15) is 9.59 Å². The van der Waals surface area contributed by atoms with Gasteiger partial charge in [-0.25, -0.2) is 0 Å². The van der Waals surface area contributed by atoms with Gasteiger partial charge in [-0.3, -0.25) is 14.2 Å². The van der Waals surface area contributed by atoms with Crippen LogP contribution in [0.1, 0.15) is 15.9 Å². The van der Waals surface area contributed by atoms with Crippen LogP contribution in [0, 0.1) is 11.3 Å². The number of anilines is 1. The van der Waals surface area contributed by atoms with Gasteiger partial charge in [-0.2, -0.15) is 5.26 Å². The highest BCUT2D eigenvalue weighted by molar-refractivity contribution is 7.07. The maximum absolute atomic E-state index is 12.9. The van der Waals surface area contributed by atoms with Crippen LogP contribution in [0.4, 0.5) is 5.69 Å². The highest BCUT2D eigenvalue weighted by Crippen LogP contribution is 2.12. The van der Waals surface area contributed by atoms with E-state index in [-0.39, 0.29) is 17.9 Å². The quantitative estimate of drug-likeness (QED) is 0.592. The average Bonchev–Trinajstić information content (AvgIpc) is 2.98. The molecule has 0 aliphatic carbocycles. The fourth-order valence-corrected chi connectivity index (χ4v) is 3.85. The molecule has 0 amide bonds. The van der Waals surface area contributed by atoms with Gasteiger partial charge in [0.2, 0.25) is 0 Å². The Bertz CT molecular complexity index is 1250. The van der Waals surface area contributed by atoms with Crippen LogP contribution in [-0.4, -0.2) is 24.4 Å². The van der Waals surface area contributed by atoms with Crippen molar-refractivity contribution in [2.75, 3.05) is 19.0 Å². The topological polar surface area (TPSA) is 66.1 Å². The molecule has 5 nitrogen and oxygen atoms in total. The van der Waals surface area contributed by atoms with E-state index < -0.39 is 0 Å². The number of nitrogens with zero attached hydrogens (tertiary/aromatic N) is 3. The standard InChI is InChI=1S/C22H18ClN3O2S/c1-25(2)18-9-3-15(4-10-18)13-20-22(28)26(21(29-20)11-12-24)14-19(27)16-5-7-17(23)8-6-16/h3-11,13H,14H2,1-2H3/b20-13-,21-11-. The zero-order valence-corrected chi connectivity index (χ0v) is 17.5. The van der Waals surface area contributed by atoms with Crippen molar-refractivity contribution in [3.63, 3.8) is 0 Å². The fraction of sp³-hybridized carbons (Fsp3) is 0.136. The Morgan fingerprint density at radius 1 is 1.17 bits per heavy atom. The van der Waals surface area contributed by atoms with Crippen LogP contribution < -0.4 is 19.7 Å². The minimum absolute atomic E-state index is 0.141. The molecule has 0 fully saturated rings. The number of carbonyl (C=O) groups excluding carboxylic acids is 1. The number of ketones is 1. The first-order valence-electron chi connectivity index (χ1n) is 8.76. The summed E-state index contributed by atoms with van der Waals surface area (Å²) >= 11 is 7.05. The van der Waals surface area contributed by atoms with E-state index in [0.29, 0.717) is 19.8 Å². The molecule has 3 aromatic rings. The van der Waals surface area contributed by atoms with E-state index in [4.69, 9.17) is 16.9 Å². The summed E-state index contributed by atoms with van der Waals surface area (Å²) in [5.74, 6) is -0.226. The number of Topliss-reactive ketones (excluding diaryl/α,β-unsaturated/α-hetero) is 1. The lowest BCUT2D eigenvalue weighted by Gasteiger charge is -2.11. The van der Waals surface area contributed by atoms with E-state index in [1.165, 1.54) is 22.0 Å². The Kier molecular flexibility index (Phi) is 6.32. The first-order valence-corrected chi connectivity index (χ1v) is 9.96. The summed E-state index contributed by atoms with van der Waals surface area (Å²) in [6.45, 7) is -0.141. The van der Waals surface area contributed by atoms with Crippen LogP contribution in [0.25, 0.3) is 12.2 Å². The summed E-state index contributed by atoms with van der Waals surface area (Å²) < 4.78 is 2.24. The van der Waals surface area contributed by atoms with Gasteiger partial charge < -0.3 is 4.90 Å². The van der Waals surface area contributed by atoms with E-state index in [1.807, 2.05) is 49.3 Å². The molecule has 0 aliphatic heterocycles. The molecule has 7 heteroatoms. The lowest BCUT2D eigenvalue weighted by Crippen LogP contribution is -2.34. The number of carbonyl (C=O) groups is 1. The minimum atomic E-state index is -0.296. The summed E-state index contributed by atoms with van der Waals surface area (Å²) in [6, 6.07) is 16.2. The number of benzene rings is 2. The van der Waals surface area contributed by atoms with Gasteiger partial charge in [-0.1, -0.05) is 23.7 Å². The normalized spacial score (nSPS) is 12.1. The minimum Gasteiger partial charge on any atom is -0.378 e. The highest BCUT2D eigenvalue weighted by atomic mass is 35.5. The van der Waals surface area contributed by atoms with Crippen molar-refractivity contribution in [1.82, 2.24) is 4.57 Å². The van der Waals surface area contributed by atoms with Gasteiger partial charge in [0.25, 0.3) is 5.56 Å². The van der Waals surface area contributed by atoms with Gasteiger partial charge in [0.05, 0.1) is 17.1 Å². The van der Waals surface area contributed by atoms with Gasteiger partial charge in [0.1, 0.15) is 4.66 Å². The maximum atomic E-state index is 12.9. The molecular formula is C22H18ClN3O2S. The molecule has 0 saturated carbocycles. The average molecular weight is 424 g/mol. The van der Waals surface area contributed by atoms with Crippen molar-refractivity contribution in [1.29, 1.82) is 5.26 Å². The smallest absolute Gasteiger partial charge is 0.269 e. The number of halogens is 1. The van der Waals surface area contributed by atoms with Crippen molar-refractivity contribution in [2.24, 2.45) is 0 Å². The van der Waals surface area contributed by atoms with E-state index >= 15 is 0 Å². The molecule has 1 heterocycles. The zero-order chi connectivity index (χ0) is 21.0. The Morgan fingerprint density at radius 2 is 1.83 bits per heavy atom. The van der Waals surface area contributed by atoms with E-state index in [0.717, 1.165) is 11.3 Å². The largest absolute Gasteiger partial charge is 0.378 e. The second-order valence-corrected chi connectivity index (χ2v) is 8.03. The van der Waals surface area contributed by atoms with Crippen LogP contribution in [0.15, 0.2) is 53.3 Å². The number of rotatable bonds is 5. The summed E-state index contributed by atoms with van der Waals surface area (Å²) in [6.07, 6.45) is 3.05. The molecule has 0 spiro atoms. The Hall–Kier alpha value is -3.14. The summed E-state index contributed by atoms with van der Waals surface area (Å²) in [5.41, 5.74) is 2.09. The second kappa shape index (κ2) is 8.91. The monoisotopic (exact) mass is 423 g/mol. The molecular weight excluding hydrogens is 406 g/mol. The molecule has 0 radical (unpaired) electrons. The molecule has 0 saturated heterocycles. The van der Waals surface area contributed by atoms with Gasteiger partial charge in [0, 0.05) is 36.4 Å². The summed E-state index contributed by atoms with van der Waals surface area (Å²) in [4.78, 5) is 27.5. The van der Waals surface area contributed by atoms with Gasteiger partial charge in [-0.15, -0.1) is 11.3 Å². The summed E-state index contributed by atoms with van der Waals surface area (Å²) in [5, 5.41) is 9.60. The molecule has 3 rings (SSSR count). The molecule has 0 atom stereocenters. The number of aromatic nitrogens is 1.